The van der Waals surface area contributed by atoms with Gasteiger partial charge in [0.2, 0.25) is 10.0 Å². The Hall–Kier alpha value is -2.53. The SMILES string of the molecule is CNc1cc(Nc2ccc(S(=O)(=O)N3CCOCC3)cc2OC)nc2[nH]cc(Cl)c12. The second-order valence-electron chi connectivity index (χ2n) is 6.67. The van der Waals surface area contributed by atoms with Crippen molar-refractivity contribution in [2.45, 2.75) is 4.90 Å². The Morgan fingerprint density at radius 2 is 2.00 bits per heavy atom. The molecule has 3 heterocycles. The zero-order valence-electron chi connectivity index (χ0n) is 16.5. The molecule has 4 rings (SSSR count). The quantitative estimate of drug-likeness (QED) is 0.528. The number of benzene rings is 1. The molecule has 3 N–H and O–H groups in total. The molecule has 0 saturated carbocycles. The van der Waals surface area contributed by atoms with Gasteiger partial charge in [0.25, 0.3) is 0 Å². The lowest BCUT2D eigenvalue weighted by Gasteiger charge is -2.26. The van der Waals surface area contributed by atoms with Crippen molar-refractivity contribution in [3.05, 3.63) is 35.5 Å². The largest absolute Gasteiger partial charge is 0.495 e. The van der Waals surface area contributed by atoms with Crippen LogP contribution in [0.1, 0.15) is 0 Å². The van der Waals surface area contributed by atoms with Gasteiger partial charge in [0.05, 0.1) is 47.0 Å². The lowest BCUT2D eigenvalue weighted by molar-refractivity contribution is 0.0730. The van der Waals surface area contributed by atoms with Gasteiger partial charge in [-0.15, -0.1) is 0 Å². The topological polar surface area (TPSA) is 109 Å². The number of nitrogens with one attached hydrogen (secondary N) is 3. The van der Waals surface area contributed by atoms with Gasteiger partial charge in [-0.1, -0.05) is 11.6 Å². The monoisotopic (exact) mass is 451 g/mol. The molecule has 0 radical (unpaired) electrons. The van der Waals surface area contributed by atoms with Crippen LogP contribution in [0.15, 0.2) is 35.4 Å². The lowest BCUT2D eigenvalue weighted by atomic mass is 10.2. The number of rotatable bonds is 6. The van der Waals surface area contributed by atoms with Crippen molar-refractivity contribution in [1.82, 2.24) is 14.3 Å². The minimum absolute atomic E-state index is 0.169. The highest BCUT2D eigenvalue weighted by molar-refractivity contribution is 7.89. The Labute approximate surface area is 179 Å². The van der Waals surface area contributed by atoms with Gasteiger partial charge in [-0.3, -0.25) is 0 Å². The molecule has 0 aliphatic carbocycles. The first-order valence-corrected chi connectivity index (χ1v) is 11.1. The highest BCUT2D eigenvalue weighted by Gasteiger charge is 2.27. The third-order valence-electron chi connectivity index (χ3n) is 4.91. The molecular weight excluding hydrogens is 430 g/mol. The van der Waals surface area contributed by atoms with Crippen molar-refractivity contribution in [3.8, 4) is 5.75 Å². The van der Waals surface area contributed by atoms with Crippen LogP contribution in [0.25, 0.3) is 11.0 Å². The summed E-state index contributed by atoms with van der Waals surface area (Å²) in [7, 11) is -0.329. The van der Waals surface area contributed by atoms with Gasteiger partial charge < -0.3 is 25.1 Å². The molecule has 1 aromatic carbocycles. The van der Waals surface area contributed by atoms with Crippen molar-refractivity contribution >= 4 is 49.9 Å². The summed E-state index contributed by atoms with van der Waals surface area (Å²) in [5.41, 5.74) is 2.02. The third kappa shape index (κ3) is 3.79. The van der Waals surface area contributed by atoms with Gasteiger partial charge in [-0.25, -0.2) is 13.4 Å². The van der Waals surface area contributed by atoms with Gasteiger partial charge in [-0.05, 0) is 12.1 Å². The number of methoxy groups -OCH3 is 1. The van der Waals surface area contributed by atoms with Crippen LogP contribution in [-0.2, 0) is 14.8 Å². The van der Waals surface area contributed by atoms with Crippen LogP contribution in [0.5, 0.6) is 5.75 Å². The smallest absolute Gasteiger partial charge is 0.243 e. The summed E-state index contributed by atoms with van der Waals surface area (Å²) in [6.07, 6.45) is 1.68. The van der Waals surface area contributed by atoms with E-state index in [4.69, 9.17) is 21.1 Å². The molecule has 0 spiro atoms. The Balaban J connectivity index is 1.66. The number of ether oxygens (including phenoxy) is 2. The summed E-state index contributed by atoms with van der Waals surface area (Å²) in [6, 6.07) is 6.55. The van der Waals surface area contributed by atoms with Gasteiger partial charge in [0.15, 0.2) is 0 Å². The standard InChI is InChI=1S/C19H22ClN5O4S/c1-21-15-10-17(24-19-18(15)13(20)11-22-19)23-14-4-3-12(9-16(14)28-2)30(26,27)25-5-7-29-8-6-25/h3-4,9-11H,5-8H2,1-2H3,(H3,21,22,23,24). The van der Waals surface area contributed by atoms with E-state index in [0.717, 1.165) is 11.1 Å². The maximum atomic E-state index is 12.9. The average Bonchev–Trinajstić information content (AvgIpc) is 3.14. The number of nitrogens with zero attached hydrogens (tertiary/aromatic N) is 2. The number of sulfonamides is 1. The van der Waals surface area contributed by atoms with Gasteiger partial charge >= 0.3 is 0 Å². The Morgan fingerprint density at radius 3 is 2.70 bits per heavy atom. The van der Waals surface area contributed by atoms with E-state index < -0.39 is 10.0 Å². The highest BCUT2D eigenvalue weighted by Crippen LogP contribution is 2.35. The number of aromatic nitrogens is 2. The second-order valence-corrected chi connectivity index (χ2v) is 9.01. The molecule has 1 aliphatic rings. The number of morpholine rings is 1. The van der Waals surface area contributed by atoms with Crippen LogP contribution in [0.4, 0.5) is 17.2 Å². The number of hydrogen-bond donors (Lipinski definition) is 3. The average molecular weight is 452 g/mol. The zero-order chi connectivity index (χ0) is 21.3. The molecule has 1 aliphatic heterocycles. The first-order chi connectivity index (χ1) is 14.4. The number of H-pyrrole nitrogens is 1. The molecule has 1 saturated heterocycles. The predicted molar refractivity (Wildman–Crippen MR) is 117 cm³/mol. The number of pyridine rings is 1. The summed E-state index contributed by atoms with van der Waals surface area (Å²) in [5, 5.41) is 7.66. The zero-order valence-corrected chi connectivity index (χ0v) is 18.1. The van der Waals surface area contributed by atoms with E-state index in [2.05, 4.69) is 20.6 Å². The second kappa shape index (κ2) is 8.31. The van der Waals surface area contributed by atoms with Gasteiger partial charge in [-0.2, -0.15) is 4.31 Å². The van der Waals surface area contributed by atoms with Gasteiger partial charge in [0.1, 0.15) is 17.2 Å². The fourth-order valence-corrected chi connectivity index (χ4v) is 5.04. The third-order valence-corrected chi connectivity index (χ3v) is 7.10. The molecule has 30 heavy (non-hydrogen) atoms. The number of halogens is 1. The van der Waals surface area contributed by atoms with Crippen LogP contribution in [-0.4, -0.2) is 63.2 Å². The number of hydrogen-bond acceptors (Lipinski definition) is 7. The molecule has 9 nitrogen and oxygen atoms in total. The fraction of sp³-hybridized carbons (Fsp3) is 0.316. The van der Waals surface area contributed by atoms with Crippen LogP contribution in [0, 0.1) is 0 Å². The summed E-state index contributed by atoms with van der Waals surface area (Å²) in [5.74, 6) is 0.939. The minimum Gasteiger partial charge on any atom is -0.495 e. The maximum Gasteiger partial charge on any atom is 0.243 e. The normalized spacial score (nSPS) is 15.3. The van der Waals surface area contributed by atoms with Crippen molar-refractivity contribution < 1.29 is 17.9 Å². The van der Waals surface area contributed by atoms with E-state index in [1.165, 1.54) is 17.5 Å². The van der Waals surface area contributed by atoms with Crippen LogP contribution in [0.2, 0.25) is 5.02 Å². The highest BCUT2D eigenvalue weighted by atomic mass is 35.5. The molecule has 2 aromatic heterocycles. The number of anilines is 3. The number of aromatic amines is 1. The predicted octanol–water partition coefficient (Wildman–Crippen LogP) is 3.03. The summed E-state index contributed by atoms with van der Waals surface area (Å²) >= 11 is 6.22. The molecule has 0 bridgehead atoms. The molecule has 3 aromatic rings. The van der Waals surface area contributed by atoms with E-state index in [1.807, 2.05) is 6.07 Å². The Bertz CT molecular complexity index is 1180. The van der Waals surface area contributed by atoms with E-state index in [9.17, 15) is 8.42 Å². The van der Waals surface area contributed by atoms with Crippen LogP contribution >= 0.6 is 11.6 Å². The molecule has 0 unspecified atom stereocenters. The van der Waals surface area contributed by atoms with E-state index in [-0.39, 0.29) is 4.90 Å². The fourth-order valence-electron chi connectivity index (χ4n) is 3.37. The number of fused-ring (bicyclic) bond motifs is 1. The molecule has 1 fully saturated rings. The van der Waals surface area contributed by atoms with Crippen LogP contribution in [0.3, 0.4) is 0 Å². The summed E-state index contributed by atoms with van der Waals surface area (Å²) in [6.45, 7) is 1.45. The van der Waals surface area contributed by atoms with Crippen molar-refractivity contribution in [1.29, 1.82) is 0 Å². The summed E-state index contributed by atoms with van der Waals surface area (Å²) < 4.78 is 37.9. The molecule has 0 atom stereocenters. The lowest BCUT2D eigenvalue weighted by Crippen LogP contribution is -2.40. The van der Waals surface area contributed by atoms with E-state index in [0.29, 0.717) is 54.2 Å². The Morgan fingerprint density at radius 1 is 1.23 bits per heavy atom. The van der Waals surface area contributed by atoms with E-state index in [1.54, 1.807) is 25.4 Å². The van der Waals surface area contributed by atoms with Gasteiger partial charge in [0, 0.05) is 38.5 Å². The van der Waals surface area contributed by atoms with Crippen LogP contribution < -0.4 is 15.4 Å². The first kappa shape index (κ1) is 20.7. The molecule has 11 heteroatoms. The minimum atomic E-state index is -3.62. The maximum absolute atomic E-state index is 12.9. The van der Waals surface area contributed by atoms with Crippen molar-refractivity contribution in [2.75, 3.05) is 51.1 Å². The van der Waals surface area contributed by atoms with Crippen molar-refractivity contribution in [2.24, 2.45) is 0 Å². The van der Waals surface area contributed by atoms with E-state index >= 15 is 0 Å². The molecular formula is C19H22ClN5O4S. The molecule has 160 valence electrons. The van der Waals surface area contributed by atoms with Crippen molar-refractivity contribution in [3.63, 3.8) is 0 Å². The molecule has 0 amide bonds. The Kier molecular flexibility index (Phi) is 5.74. The first-order valence-electron chi connectivity index (χ1n) is 9.32. The summed E-state index contributed by atoms with van der Waals surface area (Å²) in [4.78, 5) is 7.74.